The largest absolute Gasteiger partial charge is 0.389 e. The van der Waals surface area contributed by atoms with Crippen molar-refractivity contribution in [3.05, 3.63) is 11.5 Å². The molecule has 0 fully saturated rings. The van der Waals surface area contributed by atoms with Crippen molar-refractivity contribution in [3.63, 3.8) is 0 Å². The molecule has 0 aliphatic carbocycles. The monoisotopic (exact) mass is 160 g/mol. The van der Waals surface area contributed by atoms with Crippen molar-refractivity contribution in [2.24, 2.45) is 0 Å². The third-order valence-corrected chi connectivity index (χ3v) is 1.78. The molecule has 2 heteroatoms. The van der Waals surface area contributed by atoms with Crippen LogP contribution in [0, 0.1) is 0 Å². The summed E-state index contributed by atoms with van der Waals surface area (Å²) < 4.78 is 0.255. The highest BCUT2D eigenvalue weighted by Gasteiger charge is 2.06. The van der Waals surface area contributed by atoms with Crippen LogP contribution in [0.15, 0.2) is 11.5 Å². The molecule has 0 saturated heterocycles. The van der Waals surface area contributed by atoms with Gasteiger partial charge in [-0.1, -0.05) is 26.8 Å². The van der Waals surface area contributed by atoms with Gasteiger partial charge in [0.25, 0.3) is 0 Å². The molecule has 0 spiro atoms. The van der Waals surface area contributed by atoms with Gasteiger partial charge in [-0.15, -0.1) is 11.8 Å². The summed E-state index contributed by atoms with van der Waals surface area (Å²) >= 11 is 1.72. The first-order chi connectivity index (χ1) is 4.42. The Kier molecular flexibility index (Phi) is 4.06. The predicted octanol–water partition coefficient (Wildman–Crippen LogP) is 2.41. The lowest BCUT2D eigenvalue weighted by Gasteiger charge is -2.13. The van der Waals surface area contributed by atoms with Crippen molar-refractivity contribution in [2.75, 3.05) is 0 Å². The van der Waals surface area contributed by atoms with E-state index in [4.69, 9.17) is 5.11 Å². The summed E-state index contributed by atoms with van der Waals surface area (Å²) in [5.74, 6) is 0. The van der Waals surface area contributed by atoms with E-state index < -0.39 is 0 Å². The quantitative estimate of drug-likeness (QED) is 0.669. The smallest absolute Gasteiger partial charge is 0.0700 e. The van der Waals surface area contributed by atoms with E-state index in [0.29, 0.717) is 0 Å². The molecule has 0 saturated carbocycles. The lowest BCUT2D eigenvalue weighted by molar-refractivity contribution is 0.244. The molecular formula is C8H16OS. The number of aliphatic hydroxyl groups is 1. The van der Waals surface area contributed by atoms with Gasteiger partial charge in [-0.25, -0.2) is 0 Å². The molecule has 60 valence electrons. The summed E-state index contributed by atoms with van der Waals surface area (Å²) in [6.07, 6.45) is 1.46. The standard InChI is InChI=1S/C8H16OS/c1-7(9)5-6-10-8(2,3)4/h5-7,9H,1-4H3. The van der Waals surface area contributed by atoms with E-state index in [1.165, 1.54) is 0 Å². The highest BCUT2D eigenvalue weighted by Crippen LogP contribution is 2.23. The molecule has 0 aliphatic heterocycles. The maximum absolute atomic E-state index is 8.85. The van der Waals surface area contributed by atoms with Crippen molar-refractivity contribution >= 4 is 11.8 Å². The maximum Gasteiger partial charge on any atom is 0.0700 e. The van der Waals surface area contributed by atoms with E-state index in [-0.39, 0.29) is 10.9 Å². The van der Waals surface area contributed by atoms with Gasteiger partial charge in [-0.3, -0.25) is 0 Å². The van der Waals surface area contributed by atoms with Gasteiger partial charge in [0, 0.05) is 4.75 Å². The Morgan fingerprint density at radius 1 is 1.40 bits per heavy atom. The van der Waals surface area contributed by atoms with E-state index in [2.05, 4.69) is 20.8 Å². The Morgan fingerprint density at radius 2 is 1.90 bits per heavy atom. The molecule has 0 aromatic rings. The van der Waals surface area contributed by atoms with Crippen LogP contribution in [-0.4, -0.2) is 16.0 Å². The van der Waals surface area contributed by atoms with E-state index >= 15 is 0 Å². The first kappa shape index (κ1) is 10.0. The van der Waals surface area contributed by atoms with Gasteiger partial charge in [-0.05, 0) is 12.3 Å². The van der Waals surface area contributed by atoms with Crippen molar-refractivity contribution in [1.82, 2.24) is 0 Å². The number of hydrogen-bond donors (Lipinski definition) is 1. The molecule has 0 bridgehead atoms. The van der Waals surface area contributed by atoms with Crippen LogP contribution < -0.4 is 0 Å². The van der Waals surface area contributed by atoms with Crippen LogP contribution in [0.1, 0.15) is 27.7 Å². The highest BCUT2D eigenvalue weighted by molar-refractivity contribution is 8.03. The number of aliphatic hydroxyl groups excluding tert-OH is 1. The van der Waals surface area contributed by atoms with E-state index in [1.54, 1.807) is 24.8 Å². The lowest BCUT2D eigenvalue weighted by atomic mass is 10.3. The van der Waals surface area contributed by atoms with Crippen molar-refractivity contribution in [1.29, 1.82) is 0 Å². The van der Waals surface area contributed by atoms with Crippen LogP contribution in [0.3, 0.4) is 0 Å². The fourth-order valence-electron chi connectivity index (χ4n) is 0.357. The van der Waals surface area contributed by atoms with Gasteiger partial charge < -0.3 is 5.11 Å². The molecule has 0 rings (SSSR count). The summed E-state index contributed by atoms with van der Waals surface area (Å²) in [6.45, 7) is 8.18. The van der Waals surface area contributed by atoms with Crippen molar-refractivity contribution in [3.8, 4) is 0 Å². The third kappa shape index (κ3) is 8.05. The molecule has 1 unspecified atom stereocenters. The summed E-state index contributed by atoms with van der Waals surface area (Å²) in [7, 11) is 0. The molecule has 0 aliphatic rings. The Bertz CT molecular complexity index is 111. The summed E-state index contributed by atoms with van der Waals surface area (Å²) in [5.41, 5.74) is 0. The van der Waals surface area contributed by atoms with Gasteiger partial charge >= 0.3 is 0 Å². The Hall–Kier alpha value is 0.0500. The summed E-state index contributed by atoms with van der Waals surface area (Å²) in [4.78, 5) is 0. The van der Waals surface area contributed by atoms with E-state index in [0.717, 1.165) is 0 Å². The van der Waals surface area contributed by atoms with Gasteiger partial charge in [0.1, 0.15) is 0 Å². The predicted molar refractivity (Wildman–Crippen MR) is 48.2 cm³/mol. The second-order valence-electron chi connectivity index (χ2n) is 3.30. The molecule has 1 nitrogen and oxygen atoms in total. The zero-order chi connectivity index (χ0) is 8.20. The van der Waals surface area contributed by atoms with Crippen LogP contribution in [0.25, 0.3) is 0 Å². The van der Waals surface area contributed by atoms with Gasteiger partial charge in [0.05, 0.1) is 6.10 Å². The zero-order valence-electron chi connectivity index (χ0n) is 7.09. The summed E-state index contributed by atoms with van der Waals surface area (Å²) in [5, 5.41) is 10.8. The fraction of sp³-hybridized carbons (Fsp3) is 0.750. The second kappa shape index (κ2) is 4.04. The number of rotatable bonds is 2. The van der Waals surface area contributed by atoms with Gasteiger partial charge in [0.2, 0.25) is 0 Å². The fourth-order valence-corrected chi connectivity index (χ4v) is 1.07. The summed E-state index contributed by atoms with van der Waals surface area (Å²) in [6, 6.07) is 0. The van der Waals surface area contributed by atoms with E-state index in [9.17, 15) is 0 Å². The Labute approximate surface area is 67.5 Å². The average Bonchev–Trinajstić information content (AvgIpc) is 1.59. The molecule has 10 heavy (non-hydrogen) atoms. The first-order valence-electron chi connectivity index (χ1n) is 3.44. The van der Waals surface area contributed by atoms with Crippen LogP contribution in [-0.2, 0) is 0 Å². The third-order valence-electron chi connectivity index (χ3n) is 0.779. The SMILES string of the molecule is CC(O)C=CSC(C)(C)C. The van der Waals surface area contributed by atoms with Gasteiger partial charge in [-0.2, -0.15) is 0 Å². The van der Waals surface area contributed by atoms with Crippen molar-refractivity contribution < 1.29 is 5.11 Å². The van der Waals surface area contributed by atoms with Crippen LogP contribution >= 0.6 is 11.8 Å². The molecule has 1 atom stereocenters. The van der Waals surface area contributed by atoms with Crippen LogP contribution in [0.5, 0.6) is 0 Å². The first-order valence-corrected chi connectivity index (χ1v) is 4.32. The Morgan fingerprint density at radius 3 is 2.20 bits per heavy atom. The van der Waals surface area contributed by atoms with Crippen LogP contribution in [0.4, 0.5) is 0 Å². The molecule has 0 amide bonds. The molecule has 1 N–H and O–H groups in total. The maximum atomic E-state index is 8.85. The minimum Gasteiger partial charge on any atom is -0.389 e. The average molecular weight is 160 g/mol. The normalized spacial score (nSPS) is 16.1. The number of thioether (sulfide) groups is 1. The molecule has 0 aromatic heterocycles. The Balaban J connectivity index is 3.54. The zero-order valence-corrected chi connectivity index (χ0v) is 7.90. The molecule has 0 aromatic carbocycles. The van der Waals surface area contributed by atoms with Gasteiger partial charge in [0.15, 0.2) is 0 Å². The molecule has 0 radical (unpaired) electrons. The van der Waals surface area contributed by atoms with Crippen LogP contribution in [0.2, 0.25) is 0 Å². The van der Waals surface area contributed by atoms with E-state index in [1.807, 2.05) is 5.41 Å². The molecule has 0 heterocycles. The minimum absolute atomic E-state index is 0.255. The second-order valence-corrected chi connectivity index (χ2v) is 5.03. The lowest BCUT2D eigenvalue weighted by Crippen LogP contribution is -2.05. The molecular weight excluding hydrogens is 144 g/mol. The minimum atomic E-state index is -0.324. The highest BCUT2D eigenvalue weighted by atomic mass is 32.2. The topological polar surface area (TPSA) is 20.2 Å². The van der Waals surface area contributed by atoms with Crippen molar-refractivity contribution in [2.45, 2.75) is 38.5 Å². The number of hydrogen-bond acceptors (Lipinski definition) is 2.